The Labute approximate surface area is 252 Å². The summed E-state index contributed by atoms with van der Waals surface area (Å²) < 4.78 is 41.0. The van der Waals surface area contributed by atoms with Gasteiger partial charge in [-0.2, -0.15) is 18.4 Å². The number of aromatic nitrogens is 1. The van der Waals surface area contributed by atoms with Gasteiger partial charge >= 0.3 is 6.18 Å². The van der Waals surface area contributed by atoms with Crippen LogP contribution < -0.4 is 5.32 Å². The number of hydrogen-bond acceptors (Lipinski definition) is 6. The molecular weight excluding hydrogens is 561 g/mol. The van der Waals surface area contributed by atoms with Gasteiger partial charge in [-0.1, -0.05) is 30.5 Å². The predicted molar refractivity (Wildman–Crippen MR) is 161 cm³/mol. The fourth-order valence-electron chi connectivity index (χ4n) is 5.89. The Kier molecular flexibility index (Phi) is 10.3. The van der Waals surface area contributed by atoms with Crippen molar-refractivity contribution in [1.82, 2.24) is 19.7 Å². The highest BCUT2D eigenvalue weighted by Crippen LogP contribution is 2.42. The number of pyridine rings is 1. The molecule has 0 spiro atoms. The Balaban J connectivity index is 1.45. The number of fused-ring (bicyclic) bond motifs is 1. The summed E-state index contributed by atoms with van der Waals surface area (Å²) in [4.78, 5) is 10.5. The van der Waals surface area contributed by atoms with Crippen molar-refractivity contribution in [3.8, 4) is 17.9 Å². The van der Waals surface area contributed by atoms with Crippen molar-refractivity contribution >= 4 is 17.3 Å². The zero-order chi connectivity index (χ0) is 30.5. The van der Waals surface area contributed by atoms with Gasteiger partial charge in [0, 0.05) is 35.2 Å². The van der Waals surface area contributed by atoms with E-state index in [-0.39, 0.29) is 18.4 Å². The van der Waals surface area contributed by atoms with Crippen molar-refractivity contribution in [2.75, 3.05) is 51.6 Å². The van der Waals surface area contributed by atoms with E-state index in [2.05, 4.69) is 52.0 Å². The molecule has 1 N–H and O–H groups in total. The SMILES string of the molecule is CCCN(C)C1CCN(CC2C=C(Cl)C=C3C2C=C(C#CCNc2ccc(C(C)(C)C#N)nc2)N3CC(F)(F)F)CC1. The molecule has 1 saturated heterocycles. The molecule has 6 nitrogen and oxygen atoms in total. The quantitative estimate of drug-likeness (QED) is 0.345. The summed E-state index contributed by atoms with van der Waals surface area (Å²) in [6.45, 7) is 8.66. The Bertz CT molecular complexity index is 1290. The molecule has 0 aromatic carbocycles. The highest BCUT2D eigenvalue weighted by molar-refractivity contribution is 6.31. The van der Waals surface area contributed by atoms with Gasteiger partial charge in [0.1, 0.15) is 6.54 Å². The van der Waals surface area contributed by atoms with Crippen molar-refractivity contribution in [3.63, 3.8) is 0 Å². The number of piperidine rings is 1. The van der Waals surface area contributed by atoms with Crippen molar-refractivity contribution in [2.24, 2.45) is 11.8 Å². The number of hydrogen-bond donors (Lipinski definition) is 1. The number of anilines is 1. The second kappa shape index (κ2) is 13.5. The molecule has 0 saturated carbocycles. The van der Waals surface area contributed by atoms with Crippen LogP contribution >= 0.6 is 11.6 Å². The standard InChI is InChI=1S/C32H40ClF3N6/c1-5-13-40(4)26-10-14-41(15-11-26)20-23-16-24(33)17-29-28(23)18-27(42(29)22-32(34,35)36)7-6-12-38-25-8-9-30(39-19-25)31(2,3)21-37/h8-9,16-19,23,26,28,38H,5,10-15,20,22H2,1-4H3. The van der Waals surface area contributed by atoms with Gasteiger partial charge in [-0.15, -0.1) is 0 Å². The molecule has 1 aliphatic carbocycles. The molecule has 3 aliphatic rings. The third-order valence-electron chi connectivity index (χ3n) is 8.25. The fourth-order valence-corrected chi connectivity index (χ4v) is 6.17. The van der Waals surface area contributed by atoms with E-state index >= 15 is 0 Å². The van der Waals surface area contributed by atoms with E-state index in [1.54, 1.807) is 32.2 Å². The maximum Gasteiger partial charge on any atom is 0.406 e. The minimum atomic E-state index is -4.39. The number of nitrogens with zero attached hydrogens (tertiary/aromatic N) is 5. The Morgan fingerprint density at radius 1 is 1.19 bits per heavy atom. The topological polar surface area (TPSA) is 58.4 Å². The number of halogens is 4. The van der Waals surface area contributed by atoms with Crippen LogP contribution in [0.1, 0.15) is 45.7 Å². The second-order valence-corrected chi connectivity index (χ2v) is 12.3. The van der Waals surface area contributed by atoms with Crippen LogP contribution in [-0.2, 0) is 5.41 Å². The molecular formula is C32H40ClF3N6. The van der Waals surface area contributed by atoms with Gasteiger partial charge in [0.15, 0.2) is 0 Å². The largest absolute Gasteiger partial charge is 0.406 e. The summed E-state index contributed by atoms with van der Waals surface area (Å²) in [5.41, 5.74) is 1.58. The van der Waals surface area contributed by atoms with Gasteiger partial charge in [-0.05, 0) is 90.0 Å². The van der Waals surface area contributed by atoms with Crippen LogP contribution in [0.25, 0.3) is 0 Å². The lowest BCUT2D eigenvalue weighted by Gasteiger charge is -2.39. The fraction of sp³-hybridized carbons (Fsp3) is 0.562. The molecule has 10 heteroatoms. The number of nitriles is 1. The van der Waals surface area contributed by atoms with E-state index in [0.29, 0.717) is 33.8 Å². The Morgan fingerprint density at radius 2 is 1.93 bits per heavy atom. The average Bonchev–Trinajstić information content (AvgIpc) is 3.27. The molecule has 42 heavy (non-hydrogen) atoms. The highest BCUT2D eigenvalue weighted by atomic mass is 35.5. The number of allylic oxidation sites excluding steroid dienone is 4. The molecule has 1 fully saturated rings. The summed E-state index contributed by atoms with van der Waals surface area (Å²) in [5.74, 6) is 5.71. The normalized spacial score (nSPS) is 21.6. The van der Waals surface area contributed by atoms with Crippen LogP contribution in [0.2, 0.25) is 0 Å². The van der Waals surface area contributed by atoms with Crippen molar-refractivity contribution in [3.05, 3.63) is 58.7 Å². The smallest absolute Gasteiger partial charge is 0.373 e. The summed E-state index contributed by atoms with van der Waals surface area (Å²) in [7, 11) is 2.19. The molecule has 2 atom stereocenters. The highest BCUT2D eigenvalue weighted by Gasteiger charge is 2.41. The van der Waals surface area contributed by atoms with Crippen LogP contribution in [0.3, 0.4) is 0 Å². The molecule has 0 bridgehead atoms. The number of likely N-dealkylation sites (tertiary alicyclic amines) is 1. The summed E-state index contributed by atoms with van der Waals surface area (Å²) in [5, 5.41) is 12.9. The maximum absolute atomic E-state index is 13.7. The molecule has 0 radical (unpaired) electrons. The zero-order valence-corrected chi connectivity index (χ0v) is 25.6. The Morgan fingerprint density at radius 3 is 2.55 bits per heavy atom. The van der Waals surface area contributed by atoms with Crippen LogP contribution in [0.4, 0.5) is 18.9 Å². The van der Waals surface area contributed by atoms with Crippen LogP contribution in [0.5, 0.6) is 0 Å². The Hall–Kier alpha value is -2.98. The maximum atomic E-state index is 13.7. The lowest BCUT2D eigenvalue weighted by Crippen LogP contribution is -2.45. The van der Waals surface area contributed by atoms with E-state index < -0.39 is 18.1 Å². The van der Waals surface area contributed by atoms with E-state index in [4.69, 9.17) is 11.6 Å². The molecule has 0 amide bonds. The predicted octanol–water partition coefficient (Wildman–Crippen LogP) is 6.12. The average molecular weight is 601 g/mol. The van der Waals surface area contributed by atoms with Gasteiger partial charge in [-0.25, -0.2) is 0 Å². The molecule has 4 rings (SSSR count). The first-order valence-corrected chi connectivity index (χ1v) is 15.0. The van der Waals surface area contributed by atoms with Crippen molar-refractivity contribution < 1.29 is 13.2 Å². The van der Waals surface area contributed by atoms with E-state index in [1.165, 1.54) is 4.90 Å². The van der Waals surface area contributed by atoms with Crippen LogP contribution in [0.15, 0.2) is 53.0 Å². The van der Waals surface area contributed by atoms with E-state index in [1.807, 2.05) is 18.2 Å². The first-order valence-electron chi connectivity index (χ1n) is 14.6. The number of alkyl halides is 3. The first-order chi connectivity index (χ1) is 19.9. The summed E-state index contributed by atoms with van der Waals surface area (Å²) >= 11 is 6.48. The van der Waals surface area contributed by atoms with Gasteiger partial charge in [-0.3, -0.25) is 4.98 Å². The summed E-state index contributed by atoms with van der Waals surface area (Å²) in [6.07, 6.45) is 6.04. The van der Waals surface area contributed by atoms with Crippen molar-refractivity contribution in [1.29, 1.82) is 5.26 Å². The third kappa shape index (κ3) is 8.10. The van der Waals surface area contributed by atoms with Gasteiger partial charge in [0.05, 0.1) is 41.3 Å². The van der Waals surface area contributed by atoms with Gasteiger partial charge < -0.3 is 20.0 Å². The minimum absolute atomic E-state index is 0.0298. The molecule has 226 valence electrons. The molecule has 1 aromatic heterocycles. The lowest BCUT2D eigenvalue weighted by molar-refractivity contribution is -0.137. The third-order valence-corrected chi connectivity index (χ3v) is 8.48. The molecule has 2 aliphatic heterocycles. The summed E-state index contributed by atoms with van der Waals surface area (Å²) in [6, 6.07) is 6.39. The zero-order valence-electron chi connectivity index (χ0n) is 24.8. The first kappa shape index (κ1) is 31.9. The molecule has 2 unspecified atom stereocenters. The van der Waals surface area contributed by atoms with Crippen LogP contribution in [0, 0.1) is 35.0 Å². The van der Waals surface area contributed by atoms with Gasteiger partial charge in [0.2, 0.25) is 0 Å². The number of rotatable bonds is 9. The lowest BCUT2D eigenvalue weighted by atomic mass is 9.85. The van der Waals surface area contributed by atoms with Gasteiger partial charge in [0.25, 0.3) is 0 Å². The van der Waals surface area contributed by atoms with E-state index in [0.717, 1.165) is 45.4 Å². The number of nitrogens with one attached hydrogen (secondary N) is 1. The second-order valence-electron chi connectivity index (χ2n) is 11.9. The molecule has 1 aromatic rings. The minimum Gasteiger partial charge on any atom is -0.373 e. The van der Waals surface area contributed by atoms with E-state index in [9.17, 15) is 18.4 Å². The monoisotopic (exact) mass is 600 g/mol. The van der Waals surface area contributed by atoms with Crippen LogP contribution in [-0.4, -0.2) is 78.2 Å². The van der Waals surface area contributed by atoms with Crippen molar-refractivity contribution in [2.45, 2.75) is 57.7 Å². The molecule has 3 heterocycles.